The maximum atomic E-state index is 12.3. The first-order chi connectivity index (χ1) is 14.5. The Bertz CT molecular complexity index is 945. The largest absolute Gasteiger partial charge is 0.497 e. The van der Waals surface area contributed by atoms with Crippen molar-refractivity contribution in [1.82, 2.24) is 5.32 Å². The minimum Gasteiger partial charge on any atom is -0.497 e. The van der Waals surface area contributed by atoms with E-state index >= 15 is 0 Å². The summed E-state index contributed by atoms with van der Waals surface area (Å²) in [5.41, 5.74) is 0.824. The van der Waals surface area contributed by atoms with Crippen LogP contribution in [0, 0.1) is 0 Å². The number of amides is 2. The highest BCUT2D eigenvalue weighted by atomic mass is 16.6. The zero-order chi connectivity index (χ0) is 21.5. The van der Waals surface area contributed by atoms with Crippen molar-refractivity contribution in [1.29, 1.82) is 0 Å². The van der Waals surface area contributed by atoms with Crippen LogP contribution in [0.3, 0.4) is 0 Å². The SMILES string of the molecule is COc1cccc(C(=O)NCC(=O)OC(C)C(=O)Nc2ccc3c(c2)OCCO3)c1. The molecule has 158 valence electrons. The van der Waals surface area contributed by atoms with Gasteiger partial charge < -0.3 is 29.6 Å². The highest BCUT2D eigenvalue weighted by Crippen LogP contribution is 2.32. The summed E-state index contributed by atoms with van der Waals surface area (Å²) in [6.45, 7) is 1.97. The van der Waals surface area contributed by atoms with E-state index < -0.39 is 23.9 Å². The highest BCUT2D eigenvalue weighted by Gasteiger charge is 2.20. The Morgan fingerprint density at radius 2 is 1.83 bits per heavy atom. The molecule has 2 N–H and O–H groups in total. The van der Waals surface area contributed by atoms with Crippen molar-refractivity contribution >= 4 is 23.5 Å². The van der Waals surface area contributed by atoms with Crippen molar-refractivity contribution in [2.45, 2.75) is 13.0 Å². The number of benzene rings is 2. The molecule has 1 atom stereocenters. The molecule has 0 aromatic heterocycles. The Balaban J connectivity index is 1.47. The van der Waals surface area contributed by atoms with E-state index in [0.717, 1.165) is 0 Å². The fourth-order valence-electron chi connectivity index (χ4n) is 2.68. The van der Waals surface area contributed by atoms with Gasteiger partial charge in [-0.3, -0.25) is 14.4 Å². The van der Waals surface area contributed by atoms with Crippen molar-refractivity contribution in [2.75, 3.05) is 32.2 Å². The van der Waals surface area contributed by atoms with Gasteiger partial charge in [-0.1, -0.05) is 6.07 Å². The van der Waals surface area contributed by atoms with Gasteiger partial charge in [0.1, 0.15) is 25.5 Å². The number of nitrogens with one attached hydrogen (secondary N) is 2. The van der Waals surface area contributed by atoms with E-state index in [9.17, 15) is 14.4 Å². The molecule has 0 saturated heterocycles. The van der Waals surface area contributed by atoms with E-state index in [1.807, 2.05) is 0 Å². The molecule has 0 radical (unpaired) electrons. The number of carbonyl (C=O) groups excluding carboxylic acids is 3. The van der Waals surface area contributed by atoms with E-state index in [1.165, 1.54) is 14.0 Å². The summed E-state index contributed by atoms with van der Waals surface area (Å²) in [7, 11) is 1.49. The van der Waals surface area contributed by atoms with Gasteiger partial charge in [-0.2, -0.15) is 0 Å². The van der Waals surface area contributed by atoms with Crippen molar-refractivity contribution in [3.8, 4) is 17.2 Å². The predicted molar refractivity (Wildman–Crippen MR) is 107 cm³/mol. The third kappa shape index (κ3) is 5.40. The standard InChI is InChI=1S/C21H22N2O7/c1-13(20(25)23-15-6-7-17-18(11-15)29-9-8-28-17)30-19(24)12-22-21(26)14-4-3-5-16(10-14)27-2/h3-7,10-11,13H,8-9,12H2,1-2H3,(H,22,26)(H,23,25). The molecular formula is C21H22N2O7. The van der Waals surface area contributed by atoms with Gasteiger partial charge in [0.05, 0.1) is 7.11 Å². The minimum absolute atomic E-state index is 0.339. The van der Waals surface area contributed by atoms with E-state index in [2.05, 4.69) is 10.6 Å². The molecule has 2 aromatic carbocycles. The predicted octanol–water partition coefficient (Wildman–Crippen LogP) is 1.77. The van der Waals surface area contributed by atoms with Crippen LogP contribution in [0.2, 0.25) is 0 Å². The maximum Gasteiger partial charge on any atom is 0.326 e. The topological polar surface area (TPSA) is 112 Å². The molecule has 2 amide bonds. The molecular weight excluding hydrogens is 392 g/mol. The van der Waals surface area contributed by atoms with Gasteiger partial charge in [0, 0.05) is 17.3 Å². The van der Waals surface area contributed by atoms with Crippen molar-refractivity contribution < 1.29 is 33.3 Å². The molecule has 9 nitrogen and oxygen atoms in total. The lowest BCUT2D eigenvalue weighted by Crippen LogP contribution is -2.35. The van der Waals surface area contributed by atoms with Crippen molar-refractivity contribution in [2.24, 2.45) is 0 Å². The Morgan fingerprint density at radius 3 is 2.60 bits per heavy atom. The molecule has 1 unspecified atom stereocenters. The summed E-state index contributed by atoms with van der Waals surface area (Å²) >= 11 is 0. The van der Waals surface area contributed by atoms with E-state index in [0.29, 0.717) is 41.7 Å². The molecule has 0 aliphatic carbocycles. The number of hydrogen-bond donors (Lipinski definition) is 2. The van der Waals surface area contributed by atoms with Gasteiger partial charge in [-0.25, -0.2) is 0 Å². The monoisotopic (exact) mass is 414 g/mol. The molecule has 1 heterocycles. The number of ether oxygens (including phenoxy) is 4. The van der Waals surface area contributed by atoms with Crippen molar-refractivity contribution in [3.05, 3.63) is 48.0 Å². The highest BCUT2D eigenvalue weighted by molar-refractivity contribution is 5.97. The summed E-state index contributed by atoms with van der Waals surface area (Å²) in [5.74, 6) is -0.0569. The van der Waals surface area contributed by atoms with Crippen LogP contribution in [0.5, 0.6) is 17.2 Å². The van der Waals surface area contributed by atoms with Gasteiger partial charge in [0.15, 0.2) is 17.6 Å². The van der Waals surface area contributed by atoms with E-state index in [-0.39, 0.29) is 6.54 Å². The summed E-state index contributed by atoms with van der Waals surface area (Å²) in [6, 6.07) is 11.5. The average Bonchev–Trinajstić information content (AvgIpc) is 2.77. The third-order valence-electron chi connectivity index (χ3n) is 4.21. The quantitative estimate of drug-likeness (QED) is 0.664. The van der Waals surface area contributed by atoms with Crippen LogP contribution in [-0.4, -0.2) is 50.8 Å². The van der Waals surface area contributed by atoms with Gasteiger partial charge in [-0.05, 0) is 37.3 Å². The summed E-state index contributed by atoms with van der Waals surface area (Å²) in [4.78, 5) is 36.4. The molecule has 0 bridgehead atoms. The number of carbonyl (C=O) groups is 3. The van der Waals surface area contributed by atoms with E-state index in [4.69, 9.17) is 18.9 Å². The number of anilines is 1. The lowest BCUT2D eigenvalue weighted by Gasteiger charge is -2.19. The summed E-state index contributed by atoms with van der Waals surface area (Å²) < 4.78 is 21.0. The maximum absolute atomic E-state index is 12.3. The Labute approximate surface area is 173 Å². The molecule has 9 heteroatoms. The molecule has 1 aliphatic rings. The lowest BCUT2D eigenvalue weighted by molar-refractivity contribution is -0.152. The first-order valence-electron chi connectivity index (χ1n) is 9.28. The summed E-state index contributed by atoms with van der Waals surface area (Å²) in [5, 5.41) is 5.09. The fourth-order valence-corrected chi connectivity index (χ4v) is 2.68. The zero-order valence-electron chi connectivity index (χ0n) is 16.6. The van der Waals surface area contributed by atoms with Crippen LogP contribution in [0.25, 0.3) is 0 Å². The van der Waals surface area contributed by atoms with Crippen molar-refractivity contribution in [3.63, 3.8) is 0 Å². The first kappa shape index (κ1) is 21.0. The Kier molecular flexibility index (Phi) is 6.74. The number of hydrogen-bond acceptors (Lipinski definition) is 7. The fraction of sp³-hybridized carbons (Fsp3) is 0.286. The molecule has 3 rings (SSSR count). The number of rotatable bonds is 7. The first-order valence-corrected chi connectivity index (χ1v) is 9.28. The Morgan fingerprint density at radius 1 is 1.07 bits per heavy atom. The third-order valence-corrected chi connectivity index (χ3v) is 4.21. The number of fused-ring (bicyclic) bond motifs is 1. The van der Waals surface area contributed by atoms with Gasteiger partial charge >= 0.3 is 5.97 Å². The van der Waals surface area contributed by atoms with Crippen LogP contribution >= 0.6 is 0 Å². The normalized spacial score (nSPS) is 13.0. The lowest BCUT2D eigenvalue weighted by atomic mass is 10.2. The van der Waals surface area contributed by atoms with Crippen LogP contribution in [0.15, 0.2) is 42.5 Å². The minimum atomic E-state index is -1.06. The second-order valence-electron chi connectivity index (χ2n) is 6.39. The molecule has 2 aromatic rings. The molecule has 0 spiro atoms. The summed E-state index contributed by atoms with van der Waals surface area (Å²) in [6.07, 6.45) is -1.06. The van der Waals surface area contributed by atoms with Gasteiger partial charge in [-0.15, -0.1) is 0 Å². The molecule has 30 heavy (non-hydrogen) atoms. The number of methoxy groups -OCH3 is 1. The van der Waals surface area contributed by atoms with Crippen LogP contribution < -0.4 is 24.8 Å². The van der Waals surface area contributed by atoms with Gasteiger partial charge in [0.25, 0.3) is 11.8 Å². The number of esters is 1. The van der Waals surface area contributed by atoms with E-state index in [1.54, 1.807) is 42.5 Å². The molecule has 0 fully saturated rings. The smallest absolute Gasteiger partial charge is 0.326 e. The van der Waals surface area contributed by atoms with Crippen LogP contribution in [-0.2, 0) is 14.3 Å². The van der Waals surface area contributed by atoms with Gasteiger partial charge in [0.2, 0.25) is 0 Å². The molecule has 1 aliphatic heterocycles. The average molecular weight is 414 g/mol. The van der Waals surface area contributed by atoms with Crippen LogP contribution in [0.4, 0.5) is 5.69 Å². The van der Waals surface area contributed by atoms with Crippen LogP contribution in [0.1, 0.15) is 17.3 Å². The Hall–Kier alpha value is -3.75. The zero-order valence-corrected chi connectivity index (χ0v) is 16.6. The second kappa shape index (κ2) is 9.64. The second-order valence-corrected chi connectivity index (χ2v) is 6.39. The molecule has 0 saturated carbocycles.